The van der Waals surface area contributed by atoms with Crippen LogP contribution in [0.2, 0.25) is 10.0 Å². The van der Waals surface area contributed by atoms with Crippen LogP contribution in [0.15, 0.2) is 18.3 Å². The molecule has 0 saturated carbocycles. The molecule has 1 aromatic carbocycles. The summed E-state index contributed by atoms with van der Waals surface area (Å²) in [7, 11) is 1.60. The van der Waals surface area contributed by atoms with Gasteiger partial charge in [-0.1, -0.05) is 23.2 Å². The molecule has 2 bridgehead atoms. The molecule has 31 heavy (non-hydrogen) atoms. The van der Waals surface area contributed by atoms with Crippen molar-refractivity contribution in [3.8, 4) is 5.75 Å². The largest absolute Gasteiger partial charge is 0.491 e. The van der Waals surface area contributed by atoms with Crippen LogP contribution in [0, 0.1) is 11.8 Å². The number of benzene rings is 1. The number of carbonyl (C=O) groups is 1. The molecule has 3 heterocycles. The number of nitrogens with zero attached hydrogens (tertiary/aromatic N) is 2. The SMILES string of the molecule is COCCCOc1cnc(F)c2c1C1CC[C@@H](C2)N1C(=O)Nc1cc(Cl)c(Cl)cc1F. The Morgan fingerprint density at radius 2 is 2.03 bits per heavy atom. The number of anilines is 1. The average Bonchev–Trinajstić information content (AvgIpc) is 3.05. The average molecular weight is 472 g/mol. The van der Waals surface area contributed by atoms with Crippen molar-refractivity contribution in [1.29, 1.82) is 0 Å². The van der Waals surface area contributed by atoms with Crippen molar-refractivity contribution in [3.05, 3.63) is 51.3 Å². The highest BCUT2D eigenvalue weighted by Crippen LogP contribution is 2.48. The minimum absolute atomic E-state index is 0.0578. The number of hydrogen-bond acceptors (Lipinski definition) is 4. The molecule has 2 aromatic rings. The molecule has 2 aliphatic rings. The molecular formula is C21H21Cl2F2N3O3. The normalized spacial score (nSPS) is 19.3. The summed E-state index contributed by atoms with van der Waals surface area (Å²) in [6, 6.07) is 1.22. The molecular weight excluding hydrogens is 451 g/mol. The number of methoxy groups -OCH3 is 1. The van der Waals surface area contributed by atoms with Crippen molar-refractivity contribution in [2.24, 2.45) is 0 Å². The quantitative estimate of drug-likeness (QED) is 0.349. The number of fused-ring (bicyclic) bond motifs is 4. The van der Waals surface area contributed by atoms with E-state index >= 15 is 0 Å². The summed E-state index contributed by atoms with van der Waals surface area (Å²) in [5.74, 6) is -0.784. The van der Waals surface area contributed by atoms with Crippen LogP contribution in [-0.2, 0) is 11.2 Å². The van der Waals surface area contributed by atoms with Crippen LogP contribution in [0.4, 0.5) is 19.3 Å². The zero-order chi connectivity index (χ0) is 22.1. The molecule has 166 valence electrons. The molecule has 6 nitrogen and oxygen atoms in total. The molecule has 1 N–H and O–H groups in total. The second kappa shape index (κ2) is 9.14. The number of ether oxygens (including phenoxy) is 2. The molecule has 0 spiro atoms. The van der Waals surface area contributed by atoms with E-state index in [4.69, 9.17) is 32.7 Å². The predicted octanol–water partition coefficient (Wildman–Crippen LogP) is 5.38. The summed E-state index contributed by atoms with van der Waals surface area (Å²) >= 11 is 11.8. The Morgan fingerprint density at radius 1 is 1.26 bits per heavy atom. The topological polar surface area (TPSA) is 63.7 Å². The number of hydrogen-bond donors (Lipinski definition) is 1. The lowest BCUT2D eigenvalue weighted by Gasteiger charge is -2.37. The smallest absolute Gasteiger partial charge is 0.322 e. The van der Waals surface area contributed by atoms with E-state index in [-0.39, 0.29) is 21.8 Å². The van der Waals surface area contributed by atoms with Gasteiger partial charge in [0.2, 0.25) is 5.95 Å². The number of urea groups is 1. The Labute approximate surface area is 188 Å². The van der Waals surface area contributed by atoms with Crippen molar-refractivity contribution in [2.45, 2.75) is 37.8 Å². The van der Waals surface area contributed by atoms with Crippen LogP contribution in [0.3, 0.4) is 0 Å². The summed E-state index contributed by atoms with van der Waals surface area (Å²) in [5.41, 5.74) is 1.03. The summed E-state index contributed by atoms with van der Waals surface area (Å²) in [6.45, 7) is 0.913. The fourth-order valence-electron chi connectivity index (χ4n) is 4.29. The summed E-state index contributed by atoms with van der Waals surface area (Å²) in [4.78, 5) is 18.6. The Kier molecular flexibility index (Phi) is 6.50. The van der Waals surface area contributed by atoms with E-state index in [9.17, 15) is 13.6 Å². The van der Waals surface area contributed by atoms with Gasteiger partial charge in [0.15, 0.2) is 0 Å². The van der Waals surface area contributed by atoms with Gasteiger partial charge in [0, 0.05) is 37.3 Å². The molecule has 1 fully saturated rings. The van der Waals surface area contributed by atoms with E-state index in [0.717, 1.165) is 6.07 Å². The minimum atomic E-state index is -0.690. The first kappa shape index (κ1) is 22.0. The second-order valence-electron chi connectivity index (χ2n) is 7.53. The van der Waals surface area contributed by atoms with Crippen LogP contribution in [0.5, 0.6) is 5.75 Å². The maximum atomic E-state index is 14.5. The predicted molar refractivity (Wildman–Crippen MR) is 113 cm³/mol. The Morgan fingerprint density at radius 3 is 2.81 bits per heavy atom. The van der Waals surface area contributed by atoms with Crippen molar-refractivity contribution in [3.63, 3.8) is 0 Å². The third-order valence-corrected chi connectivity index (χ3v) is 6.37. The van der Waals surface area contributed by atoms with E-state index in [1.54, 1.807) is 12.0 Å². The Hall–Kier alpha value is -2.16. The molecule has 4 rings (SSSR count). The van der Waals surface area contributed by atoms with Gasteiger partial charge < -0.3 is 19.7 Å². The fourth-order valence-corrected chi connectivity index (χ4v) is 4.60. The Bertz CT molecular complexity index is 1010. The van der Waals surface area contributed by atoms with Gasteiger partial charge in [-0.3, -0.25) is 0 Å². The lowest BCUT2D eigenvalue weighted by Crippen LogP contribution is -2.44. The number of aromatic nitrogens is 1. The summed E-state index contributed by atoms with van der Waals surface area (Å²) in [5, 5.41) is 2.76. The van der Waals surface area contributed by atoms with Crippen LogP contribution in [-0.4, -0.2) is 42.3 Å². The standard InChI is InChI=1S/C21H21Cl2F2N3O3/c1-30-5-2-6-31-18-10-26-20(25)12-7-11-3-4-17(19(12)18)28(11)21(29)27-16-9-14(23)13(22)8-15(16)24/h8-11,17H,2-7H2,1H3,(H,27,29)/t11-,17?/m0/s1. The zero-order valence-electron chi connectivity index (χ0n) is 16.8. The van der Waals surface area contributed by atoms with Crippen molar-refractivity contribution in [2.75, 3.05) is 25.6 Å². The van der Waals surface area contributed by atoms with Gasteiger partial charge in [-0.2, -0.15) is 4.39 Å². The number of pyridine rings is 1. The summed E-state index contributed by atoms with van der Waals surface area (Å²) < 4.78 is 39.6. The van der Waals surface area contributed by atoms with Crippen LogP contribution < -0.4 is 10.1 Å². The summed E-state index contributed by atoms with van der Waals surface area (Å²) in [6.07, 6.45) is 3.67. The monoisotopic (exact) mass is 471 g/mol. The third kappa shape index (κ3) is 4.29. The minimum Gasteiger partial charge on any atom is -0.491 e. The lowest BCUT2D eigenvalue weighted by molar-refractivity contribution is 0.165. The third-order valence-electron chi connectivity index (χ3n) is 5.65. The number of nitrogens with one attached hydrogen (secondary N) is 1. The van der Waals surface area contributed by atoms with E-state index in [1.807, 2.05) is 0 Å². The maximum Gasteiger partial charge on any atom is 0.322 e. The second-order valence-corrected chi connectivity index (χ2v) is 8.35. The first-order valence-corrected chi connectivity index (χ1v) is 10.7. The molecule has 1 unspecified atom stereocenters. The van der Waals surface area contributed by atoms with Gasteiger partial charge in [-0.15, -0.1) is 0 Å². The van der Waals surface area contributed by atoms with E-state index in [0.29, 0.717) is 55.8 Å². The van der Waals surface area contributed by atoms with Crippen LogP contribution in [0.25, 0.3) is 0 Å². The molecule has 0 radical (unpaired) electrons. The number of carbonyl (C=O) groups excluding carboxylic acids is 1. The first-order chi connectivity index (χ1) is 14.9. The molecule has 10 heteroatoms. The van der Waals surface area contributed by atoms with Gasteiger partial charge in [-0.05, 0) is 31.4 Å². The molecule has 2 amide bonds. The highest BCUT2D eigenvalue weighted by molar-refractivity contribution is 6.42. The van der Waals surface area contributed by atoms with Gasteiger partial charge >= 0.3 is 6.03 Å². The molecule has 1 aromatic heterocycles. The van der Waals surface area contributed by atoms with Gasteiger partial charge in [0.05, 0.1) is 34.6 Å². The number of halogens is 4. The zero-order valence-corrected chi connectivity index (χ0v) is 18.3. The van der Waals surface area contributed by atoms with Gasteiger partial charge in [0.1, 0.15) is 11.6 Å². The van der Waals surface area contributed by atoms with Crippen molar-refractivity contribution in [1.82, 2.24) is 9.88 Å². The lowest BCUT2D eigenvalue weighted by atomic mass is 9.94. The molecule has 2 atom stereocenters. The van der Waals surface area contributed by atoms with E-state index in [1.165, 1.54) is 12.3 Å². The maximum absolute atomic E-state index is 14.5. The number of rotatable bonds is 6. The molecule has 0 aliphatic carbocycles. The van der Waals surface area contributed by atoms with Gasteiger partial charge in [0.25, 0.3) is 0 Å². The highest BCUT2D eigenvalue weighted by atomic mass is 35.5. The van der Waals surface area contributed by atoms with Crippen molar-refractivity contribution >= 4 is 34.9 Å². The van der Waals surface area contributed by atoms with Crippen molar-refractivity contribution < 1.29 is 23.0 Å². The van der Waals surface area contributed by atoms with E-state index < -0.39 is 23.8 Å². The Balaban J connectivity index is 1.60. The van der Waals surface area contributed by atoms with E-state index in [2.05, 4.69) is 10.3 Å². The fraction of sp³-hybridized carbons (Fsp3) is 0.429. The molecule has 1 saturated heterocycles. The van der Waals surface area contributed by atoms with Crippen LogP contribution >= 0.6 is 23.2 Å². The van der Waals surface area contributed by atoms with Crippen LogP contribution in [0.1, 0.15) is 36.4 Å². The van der Waals surface area contributed by atoms with Gasteiger partial charge in [-0.25, -0.2) is 14.2 Å². The first-order valence-electron chi connectivity index (χ1n) is 9.93. The number of amides is 2. The molecule has 2 aliphatic heterocycles. The highest BCUT2D eigenvalue weighted by Gasteiger charge is 2.45.